The van der Waals surface area contributed by atoms with Crippen molar-refractivity contribution in [3.8, 4) is 5.69 Å². The summed E-state index contributed by atoms with van der Waals surface area (Å²) in [6, 6.07) is 4.33. The number of hydrogen-bond donors (Lipinski definition) is 1. The van der Waals surface area contributed by atoms with E-state index in [0.29, 0.717) is 11.3 Å². The number of fused-ring (bicyclic) bond motifs is 2. The summed E-state index contributed by atoms with van der Waals surface area (Å²) in [4.78, 5) is 12.6. The second kappa shape index (κ2) is 5.27. The molecule has 0 spiro atoms. The highest BCUT2D eigenvalue weighted by Gasteiger charge is 2.17. The van der Waals surface area contributed by atoms with Gasteiger partial charge in [-0.1, -0.05) is 15.9 Å². The van der Waals surface area contributed by atoms with Gasteiger partial charge >= 0.3 is 0 Å². The molecule has 0 fully saturated rings. The van der Waals surface area contributed by atoms with Crippen LogP contribution in [-0.4, -0.2) is 19.5 Å². The number of hydrogen-bond acceptors (Lipinski definition) is 4. The minimum atomic E-state index is 0. The Morgan fingerprint density at radius 1 is 1.14 bits per heavy atom. The van der Waals surface area contributed by atoms with Gasteiger partial charge in [-0.25, -0.2) is 15.0 Å². The zero-order chi connectivity index (χ0) is 13.7. The molecule has 21 heavy (non-hydrogen) atoms. The summed E-state index contributed by atoms with van der Waals surface area (Å²) >= 11 is 3.67. The van der Waals surface area contributed by atoms with Gasteiger partial charge in [0, 0.05) is 10.2 Å². The maximum Gasteiger partial charge on any atom is 0.170 e. The average Bonchev–Trinajstić information content (AvgIpc) is 3.05. The van der Waals surface area contributed by atoms with Crippen LogP contribution in [0.5, 0.6) is 0 Å². The third-order valence-corrected chi connectivity index (χ3v) is 4.49. The largest absolute Gasteiger partial charge is 0.382 e. The van der Waals surface area contributed by atoms with E-state index in [2.05, 4.69) is 43.0 Å². The van der Waals surface area contributed by atoms with E-state index in [1.807, 2.05) is 4.57 Å². The van der Waals surface area contributed by atoms with Crippen molar-refractivity contribution in [2.75, 3.05) is 5.73 Å². The lowest BCUT2D eigenvalue weighted by atomic mass is 10.1. The summed E-state index contributed by atoms with van der Waals surface area (Å²) < 4.78 is 3.11. The fourth-order valence-electron chi connectivity index (χ4n) is 2.82. The Kier molecular flexibility index (Phi) is 3.59. The van der Waals surface area contributed by atoms with E-state index in [4.69, 9.17) is 5.73 Å². The number of nitrogens with zero attached hydrogens (tertiary/aromatic N) is 4. The van der Waals surface area contributed by atoms with Gasteiger partial charge < -0.3 is 5.73 Å². The standard InChI is InChI=1S/C14H12BrN5.ClH/c15-11-5-9(4-8-2-1-3-10(8)11)20-7-19-12-13(16)17-6-18-14(12)20;/h4-7H,1-3H2,(H2,16,17,18);1H. The van der Waals surface area contributed by atoms with Gasteiger partial charge in [-0.3, -0.25) is 4.57 Å². The number of nitrogens with two attached hydrogens (primary N) is 1. The van der Waals surface area contributed by atoms with Crippen molar-refractivity contribution in [2.24, 2.45) is 0 Å². The van der Waals surface area contributed by atoms with Gasteiger partial charge in [0.15, 0.2) is 17.0 Å². The summed E-state index contributed by atoms with van der Waals surface area (Å²) in [5, 5.41) is 0. The SMILES string of the molecule is Cl.Nc1ncnc2c1ncn2-c1cc(Br)c2c(c1)CCC2. The molecule has 3 aromatic rings. The summed E-state index contributed by atoms with van der Waals surface area (Å²) in [6.07, 6.45) is 6.72. The van der Waals surface area contributed by atoms with Gasteiger partial charge in [0.25, 0.3) is 0 Å². The molecule has 0 aliphatic heterocycles. The zero-order valence-corrected chi connectivity index (χ0v) is 13.5. The Labute approximate surface area is 136 Å². The van der Waals surface area contributed by atoms with Crippen molar-refractivity contribution < 1.29 is 0 Å². The van der Waals surface area contributed by atoms with Gasteiger partial charge in [-0.05, 0) is 42.5 Å². The van der Waals surface area contributed by atoms with Crippen molar-refractivity contribution >= 4 is 45.3 Å². The molecule has 4 rings (SSSR count). The first-order valence-electron chi connectivity index (χ1n) is 6.49. The number of aryl methyl sites for hydroxylation is 1. The average molecular weight is 367 g/mol. The lowest BCUT2D eigenvalue weighted by Gasteiger charge is -2.09. The topological polar surface area (TPSA) is 69.6 Å². The molecule has 2 heterocycles. The molecule has 0 atom stereocenters. The second-order valence-electron chi connectivity index (χ2n) is 4.96. The predicted molar refractivity (Wildman–Crippen MR) is 88.0 cm³/mol. The molecule has 0 saturated heterocycles. The fourth-order valence-corrected chi connectivity index (χ4v) is 3.50. The maximum atomic E-state index is 5.83. The summed E-state index contributed by atoms with van der Waals surface area (Å²) in [6.45, 7) is 0. The minimum absolute atomic E-state index is 0. The van der Waals surface area contributed by atoms with Crippen molar-refractivity contribution in [3.05, 3.63) is 40.4 Å². The fraction of sp³-hybridized carbons (Fsp3) is 0.214. The van der Waals surface area contributed by atoms with Crippen LogP contribution in [0.15, 0.2) is 29.3 Å². The zero-order valence-electron chi connectivity index (χ0n) is 11.1. The molecular weight excluding hydrogens is 354 g/mol. The van der Waals surface area contributed by atoms with Crippen LogP contribution in [-0.2, 0) is 12.8 Å². The minimum Gasteiger partial charge on any atom is -0.382 e. The van der Waals surface area contributed by atoms with Gasteiger partial charge in [0.2, 0.25) is 0 Å². The molecule has 0 radical (unpaired) electrons. The Morgan fingerprint density at radius 2 is 2.00 bits per heavy atom. The molecule has 1 aromatic carbocycles. The van der Waals surface area contributed by atoms with Crippen molar-refractivity contribution in [1.82, 2.24) is 19.5 Å². The van der Waals surface area contributed by atoms with Crippen LogP contribution in [0.4, 0.5) is 5.82 Å². The molecule has 0 bridgehead atoms. The molecule has 108 valence electrons. The Balaban J connectivity index is 0.00000132. The second-order valence-corrected chi connectivity index (χ2v) is 5.82. The van der Waals surface area contributed by atoms with E-state index in [1.165, 1.54) is 23.9 Å². The quantitative estimate of drug-likeness (QED) is 0.718. The van der Waals surface area contributed by atoms with Gasteiger partial charge in [-0.2, -0.15) is 0 Å². The van der Waals surface area contributed by atoms with Crippen LogP contribution >= 0.6 is 28.3 Å². The first kappa shape index (κ1) is 14.3. The van der Waals surface area contributed by atoms with E-state index in [-0.39, 0.29) is 12.4 Å². The lowest BCUT2D eigenvalue weighted by Crippen LogP contribution is -1.98. The van der Waals surface area contributed by atoms with Crippen LogP contribution in [0.25, 0.3) is 16.9 Å². The number of rotatable bonds is 1. The van der Waals surface area contributed by atoms with Gasteiger partial charge in [-0.15, -0.1) is 12.4 Å². The maximum absolute atomic E-state index is 5.83. The van der Waals surface area contributed by atoms with Crippen molar-refractivity contribution in [3.63, 3.8) is 0 Å². The molecule has 1 aliphatic carbocycles. The van der Waals surface area contributed by atoms with Gasteiger partial charge in [0.05, 0.1) is 0 Å². The molecule has 0 unspecified atom stereocenters. The van der Waals surface area contributed by atoms with Crippen molar-refractivity contribution in [1.29, 1.82) is 0 Å². The molecule has 0 amide bonds. The third kappa shape index (κ3) is 2.18. The first-order chi connectivity index (χ1) is 9.74. The highest BCUT2D eigenvalue weighted by Crippen LogP contribution is 2.32. The van der Waals surface area contributed by atoms with E-state index in [1.54, 1.807) is 6.33 Å². The Bertz CT molecular complexity index is 830. The summed E-state index contributed by atoms with van der Waals surface area (Å²) in [5.41, 5.74) is 11.1. The smallest absolute Gasteiger partial charge is 0.170 e. The summed E-state index contributed by atoms with van der Waals surface area (Å²) in [5.74, 6) is 0.411. The first-order valence-corrected chi connectivity index (χ1v) is 7.28. The summed E-state index contributed by atoms with van der Waals surface area (Å²) in [7, 11) is 0. The number of imidazole rings is 1. The monoisotopic (exact) mass is 365 g/mol. The normalized spacial score (nSPS) is 13.2. The van der Waals surface area contributed by atoms with E-state index < -0.39 is 0 Å². The van der Waals surface area contributed by atoms with E-state index >= 15 is 0 Å². The molecule has 5 nitrogen and oxygen atoms in total. The number of nitrogen functional groups attached to an aromatic ring is 1. The van der Waals surface area contributed by atoms with E-state index in [0.717, 1.165) is 28.6 Å². The van der Waals surface area contributed by atoms with Crippen LogP contribution in [0, 0.1) is 0 Å². The Hall–Kier alpha value is -1.66. The predicted octanol–water partition coefficient (Wildman–Crippen LogP) is 3.07. The number of halogens is 2. The van der Waals surface area contributed by atoms with Crippen LogP contribution in [0.3, 0.4) is 0 Å². The van der Waals surface area contributed by atoms with E-state index in [9.17, 15) is 0 Å². The molecule has 7 heteroatoms. The number of aromatic nitrogens is 4. The lowest BCUT2D eigenvalue weighted by molar-refractivity contribution is 0.910. The van der Waals surface area contributed by atoms with Crippen molar-refractivity contribution in [2.45, 2.75) is 19.3 Å². The van der Waals surface area contributed by atoms with Crippen LogP contribution < -0.4 is 5.73 Å². The molecular formula is C14H13BrClN5. The van der Waals surface area contributed by atoms with Gasteiger partial charge in [0.1, 0.15) is 12.7 Å². The van der Waals surface area contributed by atoms with Crippen LogP contribution in [0.1, 0.15) is 17.5 Å². The Morgan fingerprint density at radius 3 is 2.86 bits per heavy atom. The number of benzene rings is 1. The molecule has 2 aromatic heterocycles. The number of anilines is 1. The highest BCUT2D eigenvalue weighted by atomic mass is 79.9. The highest BCUT2D eigenvalue weighted by molar-refractivity contribution is 9.10. The molecule has 1 aliphatic rings. The molecule has 2 N–H and O–H groups in total. The van der Waals surface area contributed by atoms with Crippen LogP contribution in [0.2, 0.25) is 0 Å². The third-order valence-electron chi connectivity index (χ3n) is 3.79. The molecule has 0 saturated carbocycles.